The van der Waals surface area contributed by atoms with Crippen molar-refractivity contribution in [3.8, 4) is 0 Å². The summed E-state index contributed by atoms with van der Waals surface area (Å²) in [4.78, 5) is 24.1. The smallest absolute Gasteiger partial charge is 0.323 e. The molecule has 0 atom stereocenters. The van der Waals surface area contributed by atoms with Crippen LogP contribution in [-0.4, -0.2) is 23.7 Å². The van der Waals surface area contributed by atoms with Gasteiger partial charge < -0.3 is 14.8 Å². The van der Waals surface area contributed by atoms with Crippen LogP contribution in [0.15, 0.2) is 53.1 Å². The van der Waals surface area contributed by atoms with E-state index in [-0.39, 0.29) is 6.54 Å². The number of hydrogen-bond donors (Lipinski definition) is 2. The molecule has 6 nitrogen and oxygen atoms in total. The average Bonchev–Trinajstić information content (AvgIpc) is 2.96. The molecule has 2 amide bonds. The maximum Gasteiger partial charge on any atom is 0.323 e. The molecule has 2 aromatic rings. The van der Waals surface area contributed by atoms with Gasteiger partial charge in [0.2, 0.25) is 0 Å². The van der Waals surface area contributed by atoms with E-state index in [1.54, 1.807) is 42.5 Å². The first-order chi connectivity index (χ1) is 9.66. The maximum absolute atomic E-state index is 12.1. The van der Waals surface area contributed by atoms with Crippen molar-refractivity contribution >= 4 is 17.7 Å². The summed E-state index contributed by atoms with van der Waals surface area (Å²) in [6.45, 7) is -0.206. The Morgan fingerprint density at radius 3 is 2.50 bits per heavy atom. The minimum atomic E-state index is -1.08. The second-order valence-corrected chi connectivity index (χ2v) is 4.05. The number of carboxylic acids is 1. The van der Waals surface area contributed by atoms with Gasteiger partial charge in [0.25, 0.3) is 0 Å². The summed E-state index contributed by atoms with van der Waals surface area (Å²) < 4.78 is 5.10. The number of aliphatic carboxylic acids is 1. The molecule has 2 rings (SSSR count). The lowest BCUT2D eigenvalue weighted by molar-refractivity contribution is -0.135. The monoisotopic (exact) mass is 274 g/mol. The summed E-state index contributed by atoms with van der Waals surface area (Å²) in [6.07, 6.45) is 1.51. The van der Waals surface area contributed by atoms with Crippen LogP contribution in [0.5, 0.6) is 0 Å². The first-order valence-electron chi connectivity index (χ1n) is 6.01. The summed E-state index contributed by atoms with van der Waals surface area (Å²) in [7, 11) is 0. The molecule has 0 unspecified atom stereocenters. The highest BCUT2D eigenvalue weighted by Gasteiger charge is 2.18. The number of hydrogen-bond acceptors (Lipinski definition) is 3. The van der Waals surface area contributed by atoms with Crippen LogP contribution in [0.25, 0.3) is 0 Å². The van der Waals surface area contributed by atoms with Crippen LogP contribution >= 0.6 is 0 Å². The molecule has 1 heterocycles. The van der Waals surface area contributed by atoms with E-state index in [1.165, 1.54) is 6.26 Å². The number of carbonyl (C=O) groups is 2. The van der Waals surface area contributed by atoms with E-state index >= 15 is 0 Å². The van der Waals surface area contributed by atoms with E-state index < -0.39 is 18.5 Å². The molecule has 0 aliphatic carbocycles. The van der Waals surface area contributed by atoms with E-state index in [0.717, 1.165) is 4.90 Å². The Morgan fingerprint density at radius 1 is 1.15 bits per heavy atom. The molecule has 0 fully saturated rings. The number of amides is 2. The molecule has 0 spiro atoms. The topological polar surface area (TPSA) is 82.8 Å². The Bertz CT molecular complexity index is 566. The van der Waals surface area contributed by atoms with Crippen molar-refractivity contribution < 1.29 is 19.1 Å². The number of rotatable bonds is 5. The molecule has 0 aliphatic heterocycles. The lowest BCUT2D eigenvalue weighted by atomic mass is 10.3. The Kier molecular flexibility index (Phi) is 4.39. The fraction of sp³-hybridized carbons (Fsp3) is 0.143. The first-order valence-corrected chi connectivity index (χ1v) is 6.01. The number of furan rings is 1. The molecule has 1 aromatic heterocycles. The van der Waals surface area contributed by atoms with Crippen LogP contribution in [0.1, 0.15) is 5.76 Å². The minimum absolute atomic E-state index is 0.203. The van der Waals surface area contributed by atoms with E-state index in [4.69, 9.17) is 9.52 Å². The van der Waals surface area contributed by atoms with Gasteiger partial charge >= 0.3 is 12.0 Å². The molecule has 0 saturated carbocycles. The number of nitrogens with zero attached hydrogens (tertiary/aromatic N) is 1. The molecule has 104 valence electrons. The van der Waals surface area contributed by atoms with Crippen molar-refractivity contribution in [3.63, 3.8) is 0 Å². The third kappa shape index (κ3) is 3.61. The van der Waals surface area contributed by atoms with Crippen molar-refractivity contribution in [1.82, 2.24) is 5.32 Å². The van der Waals surface area contributed by atoms with E-state index in [0.29, 0.717) is 11.4 Å². The van der Waals surface area contributed by atoms with Gasteiger partial charge in [0.05, 0.1) is 12.8 Å². The highest BCUT2D eigenvalue weighted by Crippen LogP contribution is 2.13. The zero-order chi connectivity index (χ0) is 14.4. The maximum atomic E-state index is 12.1. The van der Waals surface area contributed by atoms with Crippen molar-refractivity contribution in [2.45, 2.75) is 6.54 Å². The number of anilines is 1. The van der Waals surface area contributed by atoms with E-state index in [1.807, 2.05) is 0 Å². The summed E-state index contributed by atoms with van der Waals surface area (Å²) in [5.74, 6) is -0.483. The highest BCUT2D eigenvalue weighted by atomic mass is 16.4. The van der Waals surface area contributed by atoms with Crippen molar-refractivity contribution in [2.24, 2.45) is 0 Å². The minimum Gasteiger partial charge on any atom is -0.480 e. The Hall–Kier alpha value is -2.76. The quantitative estimate of drug-likeness (QED) is 0.874. The number of carbonyl (C=O) groups excluding carboxylic acids is 1. The molecular formula is C14H14N2O4. The highest BCUT2D eigenvalue weighted by molar-refractivity contribution is 5.96. The normalized spacial score (nSPS) is 10.0. The SMILES string of the molecule is O=C(O)CN(C(=O)NCc1ccco1)c1ccccc1. The third-order valence-electron chi connectivity index (χ3n) is 2.60. The molecule has 0 radical (unpaired) electrons. The van der Waals surface area contributed by atoms with E-state index in [9.17, 15) is 9.59 Å². The van der Waals surface area contributed by atoms with Crippen LogP contribution in [0.3, 0.4) is 0 Å². The fourth-order valence-electron chi connectivity index (χ4n) is 1.69. The average molecular weight is 274 g/mol. The largest absolute Gasteiger partial charge is 0.480 e. The Morgan fingerprint density at radius 2 is 1.90 bits per heavy atom. The van der Waals surface area contributed by atoms with Crippen molar-refractivity contribution in [1.29, 1.82) is 0 Å². The summed E-state index contributed by atoms with van der Waals surface area (Å²) in [5, 5.41) is 11.5. The fourth-order valence-corrected chi connectivity index (χ4v) is 1.69. The number of nitrogens with one attached hydrogen (secondary N) is 1. The van der Waals surface area contributed by atoms with Crippen LogP contribution in [-0.2, 0) is 11.3 Å². The van der Waals surface area contributed by atoms with Crippen LogP contribution < -0.4 is 10.2 Å². The van der Waals surface area contributed by atoms with Gasteiger partial charge in [-0.15, -0.1) is 0 Å². The summed E-state index contributed by atoms with van der Waals surface area (Å²) in [5.41, 5.74) is 0.520. The van der Waals surface area contributed by atoms with Crippen molar-refractivity contribution in [2.75, 3.05) is 11.4 Å². The number of carboxylic acid groups (broad SMARTS) is 1. The zero-order valence-corrected chi connectivity index (χ0v) is 10.7. The predicted molar refractivity (Wildman–Crippen MR) is 72.4 cm³/mol. The number of benzene rings is 1. The van der Waals surface area contributed by atoms with Gasteiger partial charge in [0.1, 0.15) is 12.3 Å². The number of urea groups is 1. The molecule has 20 heavy (non-hydrogen) atoms. The first kappa shape index (κ1) is 13.7. The summed E-state index contributed by atoms with van der Waals surface area (Å²) in [6, 6.07) is 11.6. The van der Waals surface area contributed by atoms with Gasteiger partial charge in [-0.3, -0.25) is 9.69 Å². The summed E-state index contributed by atoms with van der Waals surface area (Å²) >= 11 is 0. The molecule has 1 aromatic carbocycles. The standard InChI is InChI=1S/C14H14N2O4/c17-13(18)10-16(11-5-2-1-3-6-11)14(19)15-9-12-7-4-8-20-12/h1-8H,9-10H2,(H,15,19)(H,17,18). The Balaban J connectivity index is 2.06. The lowest BCUT2D eigenvalue weighted by Crippen LogP contribution is -2.42. The molecule has 0 saturated heterocycles. The zero-order valence-electron chi connectivity index (χ0n) is 10.7. The molecule has 0 bridgehead atoms. The van der Waals surface area contributed by atoms with Crippen LogP contribution in [0.4, 0.5) is 10.5 Å². The molecule has 2 N–H and O–H groups in total. The van der Waals surface area contributed by atoms with Gasteiger partial charge in [-0.2, -0.15) is 0 Å². The van der Waals surface area contributed by atoms with Crippen LogP contribution in [0.2, 0.25) is 0 Å². The Labute approximate surface area is 115 Å². The number of para-hydroxylation sites is 1. The second-order valence-electron chi connectivity index (χ2n) is 4.05. The molecule has 0 aliphatic rings. The second kappa shape index (κ2) is 6.42. The van der Waals surface area contributed by atoms with Gasteiger partial charge in [-0.05, 0) is 24.3 Å². The molecular weight excluding hydrogens is 260 g/mol. The van der Waals surface area contributed by atoms with Gasteiger partial charge in [0.15, 0.2) is 0 Å². The van der Waals surface area contributed by atoms with E-state index in [2.05, 4.69) is 5.32 Å². The predicted octanol–water partition coefficient (Wildman–Crippen LogP) is 2.08. The van der Waals surface area contributed by atoms with Gasteiger partial charge in [-0.1, -0.05) is 18.2 Å². The molecule has 6 heteroatoms. The van der Waals surface area contributed by atoms with Crippen molar-refractivity contribution in [3.05, 3.63) is 54.5 Å². The van der Waals surface area contributed by atoms with Crippen LogP contribution in [0, 0.1) is 0 Å². The van der Waals surface area contributed by atoms with Gasteiger partial charge in [0, 0.05) is 5.69 Å². The third-order valence-corrected chi connectivity index (χ3v) is 2.60. The lowest BCUT2D eigenvalue weighted by Gasteiger charge is -2.21. The van der Waals surface area contributed by atoms with Gasteiger partial charge in [-0.25, -0.2) is 4.79 Å².